The summed E-state index contributed by atoms with van der Waals surface area (Å²) >= 11 is 0.964. The first-order valence-corrected chi connectivity index (χ1v) is 8.56. The monoisotopic (exact) mass is 327 g/mol. The van der Waals surface area contributed by atoms with Gasteiger partial charge in [0.05, 0.1) is 5.75 Å². The Labute approximate surface area is 123 Å². The van der Waals surface area contributed by atoms with Crippen molar-refractivity contribution in [3.05, 3.63) is 0 Å². The summed E-state index contributed by atoms with van der Waals surface area (Å²) < 4.78 is 35.2. The van der Waals surface area contributed by atoms with Crippen molar-refractivity contribution in [2.45, 2.75) is 45.8 Å². The Hall–Kier alpha value is -0.800. The van der Waals surface area contributed by atoms with Gasteiger partial charge in [0.2, 0.25) is 0 Å². The van der Waals surface area contributed by atoms with Gasteiger partial charge in [0.25, 0.3) is 10.1 Å². The van der Waals surface area contributed by atoms with Gasteiger partial charge in [-0.1, -0.05) is 11.8 Å². The number of thioether (sulfide) groups is 1. The molecule has 118 valence electrons. The van der Waals surface area contributed by atoms with Gasteiger partial charge in [0.1, 0.15) is 5.60 Å². The summed E-state index contributed by atoms with van der Waals surface area (Å²) in [6.45, 7) is 6.47. The van der Waals surface area contributed by atoms with E-state index in [4.69, 9.17) is 9.29 Å². The predicted molar refractivity (Wildman–Crippen MR) is 77.3 cm³/mol. The fourth-order valence-electron chi connectivity index (χ4n) is 1.18. The zero-order chi connectivity index (χ0) is 16.0. The number of ether oxygens (including phenoxy) is 1. The molecule has 0 rings (SSSR count). The second-order valence-electron chi connectivity index (χ2n) is 5.22. The molecule has 0 radical (unpaired) electrons. The van der Waals surface area contributed by atoms with Crippen molar-refractivity contribution in [1.82, 2.24) is 5.32 Å². The van der Waals surface area contributed by atoms with Gasteiger partial charge in [0, 0.05) is 18.7 Å². The number of amides is 1. The SMILES string of the molecule is CC(=O)SC[C@H](CCS(=O)(=O)O)NC(=O)OC(C)(C)C. The van der Waals surface area contributed by atoms with E-state index in [9.17, 15) is 18.0 Å². The molecule has 0 heterocycles. The van der Waals surface area contributed by atoms with Crippen LogP contribution in [0.15, 0.2) is 0 Å². The first kappa shape index (κ1) is 19.2. The quantitative estimate of drug-likeness (QED) is 0.710. The van der Waals surface area contributed by atoms with E-state index in [1.807, 2.05) is 0 Å². The van der Waals surface area contributed by atoms with E-state index in [0.29, 0.717) is 0 Å². The summed E-state index contributed by atoms with van der Waals surface area (Å²) in [5, 5.41) is 2.35. The number of carbonyl (C=O) groups excluding carboxylic acids is 2. The third kappa shape index (κ3) is 12.2. The average molecular weight is 327 g/mol. The molecule has 7 nitrogen and oxygen atoms in total. The van der Waals surface area contributed by atoms with Gasteiger partial charge in [-0.05, 0) is 27.2 Å². The molecule has 0 bridgehead atoms. The molecule has 0 unspecified atom stereocenters. The van der Waals surface area contributed by atoms with Gasteiger partial charge in [-0.2, -0.15) is 8.42 Å². The van der Waals surface area contributed by atoms with E-state index in [1.165, 1.54) is 6.92 Å². The van der Waals surface area contributed by atoms with Crippen LogP contribution in [0.2, 0.25) is 0 Å². The van der Waals surface area contributed by atoms with Gasteiger partial charge >= 0.3 is 6.09 Å². The van der Waals surface area contributed by atoms with Gasteiger partial charge in [-0.3, -0.25) is 9.35 Å². The van der Waals surface area contributed by atoms with Gasteiger partial charge < -0.3 is 10.1 Å². The zero-order valence-electron chi connectivity index (χ0n) is 12.0. The minimum absolute atomic E-state index is 0.00163. The second kappa shape index (κ2) is 7.84. The Morgan fingerprint density at radius 2 is 1.90 bits per heavy atom. The predicted octanol–water partition coefficient (Wildman–Crippen LogP) is 1.44. The highest BCUT2D eigenvalue weighted by Crippen LogP contribution is 2.11. The summed E-state index contributed by atoms with van der Waals surface area (Å²) in [5.74, 6) is -0.282. The molecule has 0 aromatic heterocycles. The van der Waals surface area contributed by atoms with Crippen LogP contribution in [-0.4, -0.2) is 47.3 Å². The van der Waals surface area contributed by atoms with Crippen LogP contribution in [0.5, 0.6) is 0 Å². The van der Waals surface area contributed by atoms with Crippen LogP contribution in [0.4, 0.5) is 4.79 Å². The molecule has 0 aliphatic heterocycles. The van der Waals surface area contributed by atoms with Crippen LogP contribution >= 0.6 is 11.8 Å². The number of hydrogen-bond donors (Lipinski definition) is 2. The summed E-state index contributed by atoms with van der Waals surface area (Å²) in [6.07, 6.45) is -0.694. The number of alkyl carbamates (subject to hydrolysis) is 1. The first-order chi connectivity index (χ1) is 8.89. The lowest BCUT2D eigenvalue weighted by Gasteiger charge is -2.23. The Kier molecular flexibility index (Phi) is 7.53. The standard InChI is InChI=1S/C11H21NO6S2/c1-8(13)19-7-9(5-6-20(15,16)17)12-10(14)18-11(2,3)4/h9H,5-7H2,1-4H3,(H,12,14)(H,15,16,17)/t9-/m0/s1. The maximum absolute atomic E-state index is 11.6. The third-order valence-electron chi connectivity index (χ3n) is 1.93. The molecule has 0 aliphatic rings. The fraction of sp³-hybridized carbons (Fsp3) is 0.818. The third-order valence-corrected chi connectivity index (χ3v) is 3.66. The van der Waals surface area contributed by atoms with Crippen molar-refractivity contribution in [1.29, 1.82) is 0 Å². The molecule has 0 saturated carbocycles. The van der Waals surface area contributed by atoms with Crippen molar-refractivity contribution in [2.75, 3.05) is 11.5 Å². The highest BCUT2D eigenvalue weighted by Gasteiger charge is 2.21. The Balaban J connectivity index is 4.51. The number of rotatable bonds is 6. The van der Waals surface area contributed by atoms with Crippen LogP contribution in [-0.2, 0) is 19.6 Å². The van der Waals surface area contributed by atoms with Crippen LogP contribution < -0.4 is 5.32 Å². The molecule has 0 aromatic rings. The summed E-state index contributed by atoms with van der Waals surface area (Å²) in [7, 11) is -4.11. The minimum Gasteiger partial charge on any atom is -0.444 e. The molecule has 0 fully saturated rings. The van der Waals surface area contributed by atoms with Gasteiger partial charge in [-0.15, -0.1) is 0 Å². The largest absolute Gasteiger partial charge is 0.444 e. The molecule has 2 N–H and O–H groups in total. The van der Waals surface area contributed by atoms with E-state index < -0.39 is 33.6 Å². The lowest BCUT2D eigenvalue weighted by molar-refractivity contribution is -0.109. The first-order valence-electron chi connectivity index (χ1n) is 5.97. The molecule has 0 aliphatic carbocycles. The molecule has 1 amide bonds. The number of nitrogens with one attached hydrogen (secondary N) is 1. The topological polar surface area (TPSA) is 110 Å². The van der Waals surface area contributed by atoms with Gasteiger partial charge in [0.15, 0.2) is 5.12 Å². The Morgan fingerprint density at radius 1 is 1.35 bits per heavy atom. The van der Waals surface area contributed by atoms with Crippen LogP contribution in [0.1, 0.15) is 34.1 Å². The summed E-state index contributed by atoms with van der Waals surface area (Å²) in [4.78, 5) is 22.5. The van der Waals surface area contributed by atoms with Crippen LogP contribution in [0, 0.1) is 0 Å². The van der Waals surface area contributed by atoms with Crippen LogP contribution in [0.3, 0.4) is 0 Å². The normalized spacial score (nSPS) is 13.7. The maximum Gasteiger partial charge on any atom is 0.407 e. The van der Waals surface area contributed by atoms with E-state index in [1.54, 1.807) is 20.8 Å². The van der Waals surface area contributed by atoms with Crippen molar-refractivity contribution in [3.63, 3.8) is 0 Å². The average Bonchev–Trinajstić information content (AvgIpc) is 2.17. The molecular formula is C11H21NO6S2. The molecular weight excluding hydrogens is 306 g/mol. The highest BCUT2D eigenvalue weighted by molar-refractivity contribution is 8.13. The molecule has 1 atom stereocenters. The van der Waals surface area contributed by atoms with Gasteiger partial charge in [-0.25, -0.2) is 4.79 Å². The smallest absolute Gasteiger partial charge is 0.407 e. The van der Waals surface area contributed by atoms with E-state index >= 15 is 0 Å². The number of carbonyl (C=O) groups is 2. The number of hydrogen-bond acceptors (Lipinski definition) is 6. The van der Waals surface area contributed by atoms with Crippen molar-refractivity contribution < 1.29 is 27.3 Å². The van der Waals surface area contributed by atoms with Crippen molar-refractivity contribution in [3.8, 4) is 0 Å². The highest BCUT2D eigenvalue weighted by atomic mass is 32.2. The summed E-state index contributed by atoms with van der Waals surface area (Å²) in [6, 6.07) is -0.583. The molecule has 9 heteroatoms. The summed E-state index contributed by atoms with van der Waals surface area (Å²) in [5.41, 5.74) is -0.675. The molecule has 20 heavy (non-hydrogen) atoms. The molecule has 0 spiro atoms. The molecule has 0 saturated heterocycles. The zero-order valence-corrected chi connectivity index (χ0v) is 13.6. The fourth-order valence-corrected chi connectivity index (χ4v) is 2.45. The maximum atomic E-state index is 11.6. The van der Waals surface area contributed by atoms with Crippen molar-refractivity contribution >= 4 is 33.1 Å². The van der Waals surface area contributed by atoms with Crippen molar-refractivity contribution in [2.24, 2.45) is 0 Å². The van der Waals surface area contributed by atoms with Crippen LogP contribution in [0.25, 0.3) is 0 Å². The second-order valence-corrected chi connectivity index (χ2v) is 7.99. The minimum atomic E-state index is -4.11. The van der Waals surface area contributed by atoms with E-state index in [0.717, 1.165) is 11.8 Å². The lowest BCUT2D eigenvalue weighted by atomic mass is 10.2. The Bertz CT molecular complexity index is 440. The Morgan fingerprint density at radius 3 is 2.30 bits per heavy atom. The van der Waals surface area contributed by atoms with E-state index in [2.05, 4.69) is 5.32 Å². The van der Waals surface area contributed by atoms with E-state index in [-0.39, 0.29) is 17.3 Å². The molecule has 0 aromatic carbocycles. The lowest BCUT2D eigenvalue weighted by Crippen LogP contribution is -2.41.